The first kappa shape index (κ1) is 18.1. The zero-order valence-corrected chi connectivity index (χ0v) is 16.0. The maximum atomic E-state index is 11.3. The van der Waals surface area contributed by atoms with Crippen LogP contribution in [0.15, 0.2) is 51.7 Å². The Kier molecular flexibility index (Phi) is 5.44. The van der Waals surface area contributed by atoms with E-state index in [9.17, 15) is 4.79 Å². The van der Waals surface area contributed by atoms with Crippen LogP contribution in [0.1, 0.15) is 54.7 Å². The van der Waals surface area contributed by atoms with Crippen molar-refractivity contribution >= 4 is 11.1 Å². The number of rotatable bonds is 6. The molecule has 2 N–H and O–H groups in total. The SMILES string of the molecule is Cc1ccc(CCCN[C@H]2CC[C@@H](c3ccc4[nH]c(=O)oc4c3)CC2)cc1. The summed E-state index contributed by atoms with van der Waals surface area (Å²) in [6.45, 7) is 3.22. The van der Waals surface area contributed by atoms with Crippen LogP contribution in [-0.4, -0.2) is 17.6 Å². The minimum atomic E-state index is -0.374. The van der Waals surface area contributed by atoms with Gasteiger partial charge in [-0.1, -0.05) is 35.9 Å². The van der Waals surface area contributed by atoms with Crippen molar-refractivity contribution in [3.05, 3.63) is 69.7 Å². The Bertz CT molecular complexity index is 931. The van der Waals surface area contributed by atoms with Crippen molar-refractivity contribution in [3.8, 4) is 0 Å². The molecule has 4 rings (SSSR count). The van der Waals surface area contributed by atoms with E-state index in [1.807, 2.05) is 12.1 Å². The molecule has 0 spiro atoms. The van der Waals surface area contributed by atoms with E-state index in [-0.39, 0.29) is 5.76 Å². The Hall–Kier alpha value is -2.33. The van der Waals surface area contributed by atoms with Gasteiger partial charge in [-0.05, 0) is 81.2 Å². The molecule has 1 heterocycles. The van der Waals surface area contributed by atoms with Crippen LogP contribution >= 0.6 is 0 Å². The van der Waals surface area contributed by atoms with E-state index in [4.69, 9.17) is 4.42 Å². The Morgan fingerprint density at radius 3 is 2.63 bits per heavy atom. The smallest absolute Gasteiger partial charge is 0.408 e. The van der Waals surface area contributed by atoms with Crippen LogP contribution in [0.25, 0.3) is 11.1 Å². The van der Waals surface area contributed by atoms with Gasteiger partial charge in [-0.2, -0.15) is 0 Å². The van der Waals surface area contributed by atoms with Gasteiger partial charge in [-0.15, -0.1) is 0 Å². The van der Waals surface area contributed by atoms with Crippen LogP contribution in [0.4, 0.5) is 0 Å². The average Bonchev–Trinajstić information content (AvgIpc) is 3.06. The molecule has 0 unspecified atom stereocenters. The first-order valence-corrected chi connectivity index (χ1v) is 10.1. The lowest BCUT2D eigenvalue weighted by Gasteiger charge is -2.29. The fourth-order valence-electron chi connectivity index (χ4n) is 4.20. The summed E-state index contributed by atoms with van der Waals surface area (Å²) in [5.41, 5.74) is 5.51. The highest BCUT2D eigenvalue weighted by Gasteiger charge is 2.22. The lowest BCUT2D eigenvalue weighted by molar-refractivity contribution is 0.342. The molecule has 0 amide bonds. The molecule has 0 bridgehead atoms. The minimum Gasteiger partial charge on any atom is -0.408 e. The van der Waals surface area contributed by atoms with Crippen LogP contribution in [0.2, 0.25) is 0 Å². The molecule has 0 radical (unpaired) electrons. The molecule has 3 aromatic rings. The lowest BCUT2D eigenvalue weighted by Crippen LogP contribution is -2.33. The Balaban J connectivity index is 1.22. The molecule has 1 aromatic heterocycles. The number of nitrogens with one attached hydrogen (secondary N) is 2. The van der Waals surface area contributed by atoms with Crippen molar-refractivity contribution in [3.63, 3.8) is 0 Å². The van der Waals surface area contributed by atoms with Gasteiger partial charge < -0.3 is 9.73 Å². The molecule has 4 heteroatoms. The Morgan fingerprint density at radius 1 is 1.07 bits per heavy atom. The normalized spacial score (nSPS) is 20.2. The third-order valence-corrected chi connectivity index (χ3v) is 5.84. The van der Waals surface area contributed by atoms with Crippen molar-refractivity contribution in [2.45, 2.75) is 57.4 Å². The van der Waals surface area contributed by atoms with E-state index in [1.54, 1.807) is 0 Å². The topological polar surface area (TPSA) is 58.0 Å². The summed E-state index contributed by atoms with van der Waals surface area (Å²) in [5.74, 6) is 0.195. The van der Waals surface area contributed by atoms with Gasteiger partial charge >= 0.3 is 5.76 Å². The molecule has 1 aliphatic carbocycles. The van der Waals surface area contributed by atoms with Crippen molar-refractivity contribution in [1.82, 2.24) is 10.3 Å². The maximum absolute atomic E-state index is 11.3. The van der Waals surface area contributed by atoms with Gasteiger partial charge in [0.1, 0.15) is 0 Å². The van der Waals surface area contributed by atoms with Gasteiger partial charge in [0.05, 0.1) is 5.52 Å². The van der Waals surface area contributed by atoms with Crippen molar-refractivity contribution in [2.24, 2.45) is 0 Å². The summed E-state index contributed by atoms with van der Waals surface area (Å²) in [5, 5.41) is 3.74. The van der Waals surface area contributed by atoms with Gasteiger partial charge in [0.15, 0.2) is 5.58 Å². The number of aromatic nitrogens is 1. The highest BCUT2D eigenvalue weighted by molar-refractivity contribution is 5.72. The molecule has 1 saturated carbocycles. The molecule has 4 nitrogen and oxygen atoms in total. The van der Waals surface area contributed by atoms with Crippen LogP contribution in [0.5, 0.6) is 0 Å². The molecule has 1 aliphatic rings. The summed E-state index contributed by atoms with van der Waals surface area (Å²) in [6.07, 6.45) is 7.14. The summed E-state index contributed by atoms with van der Waals surface area (Å²) in [6, 6.07) is 15.6. The van der Waals surface area contributed by atoms with Gasteiger partial charge in [0, 0.05) is 6.04 Å². The third-order valence-electron chi connectivity index (χ3n) is 5.84. The highest BCUT2D eigenvalue weighted by Crippen LogP contribution is 2.33. The minimum absolute atomic E-state index is 0.374. The van der Waals surface area contributed by atoms with E-state index >= 15 is 0 Å². The van der Waals surface area contributed by atoms with Gasteiger partial charge in [0.2, 0.25) is 0 Å². The molecule has 27 heavy (non-hydrogen) atoms. The quantitative estimate of drug-likeness (QED) is 0.625. The van der Waals surface area contributed by atoms with Crippen molar-refractivity contribution < 1.29 is 4.42 Å². The second-order valence-electron chi connectivity index (χ2n) is 7.86. The summed E-state index contributed by atoms with van der Waals surface area (Å²) in [7, 11) is 0. The molecular weight excluding hydrogens is 336 g/mol. The molecule has 142 valence electrons. The van der Waals surface area contributed by atoms with Crippen LogP contribution in [0.3, 0.4) is 0 Å². The predicted molar refractivity (Wildman–Crippen MR) is 109 cm³/mol. The van der Waals surface area contributed by atoms with Crippen LogP contribution < -0.4 is 11.1 Å². The number of benzene rings is 2. The summed E-state index contributed by atoms with van der Waals surface area (Å²) >= 11 is 0. The number of hydrogen-bond donors (Lipinski definition) is 2. The fourth-order valence-corrected chi connectivity index (χ4v) is 4.20. The number of aromatic amines is 1. The van der Waals surface area contributed by atoms with Crippen LogP contribution in [-0.2, 0) is 6.42 Å². The monoisotopic (exact) mass is 364 g/mol. The zero-order valence-electron chi connectivity index (χ0n) is 16.0. The molecular formula is C23H28N2O2. The maximum Gasteiger partial charge on any atom is 0.417 e. The number of aryl methyl sites for hydroxylation is 2. The van der Waals surface area contributed by atoms with E-state index < -0.39 is 0 Å². The first-order chi connectivity index (χ1) is 13.2. The summed E-state index contributed by atoms with van der Waals surface area (Å²) < 4.78 is 5.21. The number of fused-ring (bicyclic) bond motifs is 1. The van der Waals surface area contributed by atoms with Crippen LogP contribution in [0, 0.1) is 6.92 Å². The standard InChI is InChI=1S/C23H28N2O2/c1-16-4-6-17(7-5-16)3-2-14-24-20-11-8-18(9-12-20)19-10-13-21-22(15-19)27-23(26)25-21/h4-7,10,13,15,18,20,24H,2-3,8-9,11-12,14H2,1H3,(H,25,26)/t18-,20+. The van der Waals surface area contributed by atoms with E-state index in [2.05, 4.69) is 47.6 Å². The largest absolute Gasteiger partial charge is 0.417 e. The number of hydrogen-bond acceptors (Lipinski definition) is 3. The highest BCUT2D eigenvalue weighted by atomic mass is 16.4. The van der Waals surface area contributed by atoms with Crippen molar-refractivity contribution in [1.29, 1.82) is 0 Å². The number of H-pyrrole nitrogens is 1. The van der Waals surface area contributed by atoms with E-state index in [0.29, 0.717) is 17.5 Å². The fraction of sp³-hybridized carbons (Fsp3) is 0.435. The van der Waals surface area contributed by atoms with E-state index in [0.717, 1.165) is 18.5 Å². The molecule has 0 aliphatic heterocycles. The van der Waals surface area contributed by atoms with Gasteiger partial charge in [0.25, 0.3) is 0 Å². The first-order valence-electron chi connectivity index (χ1n) is 10.1. The van der Waals surface area contributed by atoms with Gasteiger partial charge in [-0.3, -0.25) is 4.98 Å². The van der Waals surface area contributed by atoms with Gasteiger partial charge in [-0.25, -0.2) is 4.79 Å². The lowest BCUT2D eigenvalue weighted by atomic mass is 9.81. The third kappa shape index (κ3) is 4.51. The molecule has 0 atom stereocenters. The second kappa shape index (κ2) is 8.13. The predicted octanol–water partition coefficient (Wildman–Crippen LogP) is 4.68. The second-order valence-corrected chi connectivity index (χ2v) is 7.86. The summed E-state index contributed by atoms with van der Waals surface area (Å²) in [4.78, 5) is 14.0. The average molecular weight is 364 g/mol. The molecule has 2 aromatic carbocycles. The van der Waals surface area contributed by atoms with E-state index in [1.165, 1.54) is 48.8 Å². The van der Waals surface area contributed by atoms with Crippen molar-refractivity contribution in [2.75, 3.05) is 6.54 Å². The number of oxazole rings is 1. The Morgan fingerprint density at radius 2 is 1.85 bits per heavy atom. The zero-order chi connectivity index (χ0) is 18.6. The molecule has 1 fully saturated rings. The Labute approximate surface area is 160 Å². The molecule has 0 saturated heterocycles.